The Labute approximate surface area is 282 Å². The molecule has 0 heterocycles. The van der Waals surface area contributed by atoms with Gasteiger partial charge in [0.05, 0.1) is 0 Å². The van der Waals surface area contributed by atoms with Crippen LogP contribution in [0.2, 0.25) is 0 Å². The van der Waals surface area contributed by atoms with Crippen molar-refractivity contribution in [1.29, 1.82) is 0 Å². The van der Waals surface area contributed by atoms with E-state index >= 15 is 0 Å². The van der Waals surface area contributed by atoms with E-state index < -0.39 is 18.3 Å². The second kappa shape index (κ2) is 37.7. The quantitative estimate of drug-likeness (QED) is 0.0414. The van der Waals surface area contributed by atoms with Gasteiger partial charge in [-0.05, 0) is 12.8 Å². The number of aliphatic hydroxyl groups excluding tert-OH is 1. The van der Waals surface area contributed by atoms with E-state index in [1.807, 2.05) is 0 Å². The van der Waals surface area contributed by atoms with E-state index in [2.05, 4.69) is 20.4 Å². The van der Waals surface area contributed by atoms with Crippen LogP contribution in [0.3, 0.4) is 0 Å². The third-order valence-electron chi connectivity index (χ3n) is 9.40. The van der Waals surface area contributed by atoms with Gasteiger partial charge in [-0.3, -0.25) is 0 Å². The van der Waals surface area contributed by atoms with Crippen molar-refractivity contribution in [3.8, 4) is 0 Å². The van der Waals surface area contributed by atoms with E-state index in [1.54, 1.807) is 0 Å². The first-order valence-electron chi connectivity index (χ1n) is 20.2. The molecule has 0 spiro atoms. The van der Waals surface area contributed by atoms with Crippen LogP contribution in [0.5, 0.6) is 0 Å². The van der Waals surface area contributed by atoms with Crippen molar-refractivity contribution in [1.82, 2.24) is 0 Å². The number of aliphatic hydroxyl groups is 1. The molecule has 3 unspecified atom stereocenters. The smallest absolute Gasteiger partial charge is 0.151 e. The molecule has 0 aromatic heterocycles. The highest BCUT2D eigenvalue weighted by Gasteiger charge is 2.28. The molecule has 0 fully saturated rings. The summed E-state index contributed by atoms with van der Waals surface area (Å²) >= 11 is 0. The van der Waals surface area contributed by atoms with Crippen LogP contribution >= 0.6 is 0 Å². The minimum atomic E-state index is -0.901. The summed E-state index contributed by atoms with van der Waals surface area (Å²) in [6, 6.07) is 0. The van der Waals surface area contributed by atoms with Crippen LogP contribution in [0.4, 0.5) is 0 Å². The fourth-order valence-electron chi connectivity index (χ4n) is 6.30. The normalized spacial score (nSPS) is 13.6. The first kappa shape index (κ1) is 44.3. The molecule has 1 N–H and O–H groups in total. The monoisotopic (exact) mass is 637 g/mol. The zero-order valence-corrected chi connectivity index (χ0v) is 30.6. The number of hydrogen-bond donors (Lipinski definition) is 1. The van der Waals surface area contributed by atoms with Crippen LogP contribution in [0, 0.1) is 0 Å². The summed E-state index contributed by atoms with van der Waals surface area (Å²) in [5, 5.41) is 10.4. The highest BCUT2D eigenvalue weighted by molar-refractivity contribution is 5.57. The maximum absolute atomic E-state index is 11.8. The summed E-state index contributed by atoms with van der Waals surface area (Å²) < 4.78 is 11.8. The fourth-order valence-corrected chi connectivity index (χ4v) is 6.30. The molecule has 0 bridgehead atoms. The maximum atomic E-state index is 11.8. The van der Waals surface area contributed by atoms with Crippen molar-refractivity contribution < 1.29 is 19.4 Å². The van der Waals surface area contributed by atoms with Crippen molar-refractivity contribution >= 4 is 6.29 Å². The van der Waals surface area contributed by atoms with E-state index in [4.69, 9.17) is 9.47 Å². The third-order valence-corrected chi connectivity index (χ3v) is 9.40. The van der Waals surface area contributed by atoms with Gasteiger partial charge in [-0.25, -0.2) is 0 Å². The van der Waals surface area contributed by atoms with Gasteiger partial charge in [-0.15, -0.1) is 6.58 Å². The maximum Gasteiger partial charge on any atom is 0.151 e. The lowest BCUT2D eigenvalue weighted by molar-refractivity contribution is -0.139. The van der Waals surface area contributed by atoms with Gasteiger partial charge in [0.1, 0.15) is 18.3 Å². The molecule has 0 amide bonds. The summed E-state index contributed by atoms with van der Waals surface area (Å²) in [7, 11) is 0. The van der Waals surface area contributed by atoms with Crippen LogP contribution in [0.1, 0.15) is 213 Å². The number of carbonyl (C=O) groups excluding carboxylic acids is 1. The van der Waals surface area contributed by atoms with E-state index in [9.17, 15) is 9.90 Å². The molecule has 0 saturated heterocycles. The van der Waals surface area contributed by atoms with Gasteiger partial charge in [-0.2, -0.15) is 0 Å². The van der Waals surface area contributed by atoms with E-state index in [0.717, 1.165) is 32.0 Å². The van der Waals surface area contributed by atoms with Crippen LogP contribution < -0.4 is 0 Å². The number of hydrogen-bond acceptors (Lipinski definition) is 4. The largest absolute Gasteiger partial charge is 0.386 e. The molecule has 0 radical (unpaired) electrons. The highest BCUT2D eigenvalue weighted by atomic mass is 16.5. The number of carbonyl (C=O) groups is 1. The summed E-state index contributed by atoms with van der Waals surface area (Å²) in [4.78, 5) is 11.8. The topological polar surface area (TPSA) is 55.8 Å². The van der Waals surface area contributed by atoms with Gasteiger partial charge in [0.15, 0.2) is 6.29 Å². The summed E-state index contributed by atoms with van der Waals surface area (Å²) in [6.45, 7) is 9.34. The Morgan fingerprint density at radius 3 is 1.00 bits per heavy atom. The van der Waals surface area contributed by atoms with Crippen molar-refractivity contribution in [3.05, 3.63) is 12.7 Å². The number of ether oxygens (including phenoxy) is 2. The predicted octanol–water partition coefficient (Wildman–Crippen LogP) is 12.6. The molecule has 4 nitrogen and oxygen atoms in total. The van der Waals surface area contributed by atoms with Crippen LogP contribution in [-0.2, 0) is 14.3 Å². The van der Waals surface area contributed by atoms with Gasteiger partial charge in [0, 0.05) is 13.2 Å². The van der Waals surface area contributed by atoms with Gasteiger partial charge in [0.25, 0.3) is 0 Å². The first-order chi connectivity index (χ1) is 22.2. The summed E-state index contributed by atoms with van der Waals surface area (Å²) in [6.07, 6.45) is 41.1. The molecule has 0 saturated carbocycles. The van der Waals surface area contributed by atoms with Gasteiger partial charge in [0.2, 0.25) is 0 Å². The number of unbranched alkanes of at least 4 members (excludes halogenated alkanes) is 29. The molecule has 268 valence electrons. The molecule has 0 aliphatic carbocycles. The number of rotatable bonds is 39. The Balaban J connectivity index is 3.72. The van der Waals surface area contributed by atoms with Gasteiger partial charge >= 0.3 is 0 Å². The second-order valence-electron chi connectivity index (χ2n) is 13.8. The zero-order chi connectivity index (χ0) is 32.9. The Bertz CT molecular complexity index is 580. The molecule has 0 rings (SSSR count). The number of aldehydes is 1. The lowest BCUT2D eigenvalue weighted by Crippen LogP contribution is -2.42. The van der Waals surface area contributed by atoms with Crippen molar-refractivity contribution in [3.63, 3.8) is 0 Å². The van der Waals surface area contributed by atoms with Gasteiger partial charge < -0.3 is 19.4 Å². The van der Waals surface area contributed by atoms with E-state index in [0.29, 0.717) is 13.2 Å². The predicted molar refractivity (Wildman–Crippen MR) is 196 cm³/mol. The average molecular weight is 637 g/mol. The van der Waals surface area contributed by atoms with Crippen molar-refractivity contribution in [2.45, 2.75) is 231 Å². The SMILES string of the molecule is C=CC(O)C(OCCCCCCCCCCCCCCCCC)C(C=O)OCCCCCCCCCCCCCCCCCC. The van der Waals surface area contributed by atoms with Crippen LogP contribution in [0.25, 0.3) is 0 Å². The van der Waals surface area contributed by atoms with E-state index in [-0.39, 0.29) is 0 Å². The highest BCUT2D eigenvalue weighted by Crippen LogP contribution is 2.16. The Kier molecular flexibility index (Phi) is 37.1. The summed E-state index contributed by atoms with van der Waals surface area (Å²) in [5.74, 6) is 0. The molecule has 0 aliphatic heterocycles. The Hall–Kier alpha value is -0.710. The van der Waals surface area contributed by atoms with Crippen molar-refractivity contribution in [2.75, 3.05) is 13.2 Å². The second-order valence-corrected chi connectivity index (χ2v) is 13.8. The molecule has 3 atom stereocenters. The van der Waals surface area contributed by atoms with Crippen LogP contribution in [-0.4, -0.2) is 42.9 Å². The lowest BCUT2D eigenvalue weighted by Gasteiger charge is -2.26. The summed E-state index contributed by atoms with van der Waals surface area (Å²) in [5.41, 5.74) is 0. The molecule has 0 aliphatic rings. The molecule has 4 heteroatoms. The third kappa shape index (κ3) is 31.6. The van der Waals surface area contributed by atoms with Gasteiger partial charge in [-0.1, -0.05) is 206 Å². The molecular weight excluding hydrogens is 556 g/mol. The van der Waals surface area contributed by atoms with E-state index in [1.165, 1.54) is 179 Å². The standard InChI is InChI=1S/C41H80O4/c1-4-7-9-11-13-15-17-19-21-23-24-26-28-30-32-34-36-44-40(38-42)41(39(43)6-3)45-37-35-33-31-29-27-25-22-20-18-16-14-12-10-8-5-2/h6,38-41,43H,3-5,7-37H2,1-2H3. The Morgan fingerprint density at radius 1 is 0.467 bits per heavy atom. The zero-order valence-electron chi connectivity index (χ0n) is 30.6. The fraction of sp³-hybridized carbons (Fsp3) is 0.927. The first-order valence-corrected chi connectivity index (χ1v) is 20.2. The molecule has 0 aromatic carbocycles. The molecule has 0 aromatic rings. The molecular formula is C41H80O4. The minimum absolute atomic E-state index is 0.532. The van der Waals surface area contributed by atoms with Crippen molar-refractivity contribution in [2.24, 2.45) is 0 Å². The molecule has 45 heavy (non-hydrogen) atoms. The Morgan fingerprint density at radius 2 is 0.733 bits per heavy atom. The average Bonchev–Trinajstić information content (AvgIpc) is 3.06. The minimum Gasteiger partial charge on any atom is -0.386 e. The lowest BCUT2D eigenvalue weighted by atomic mass is 10.0. The van der Waals surface area contributed by atoms with Crippen LogP contribution in [0.15, 0.2) is 12.7 Å².